The Hall–Kier alpha value is -0.120. The third kappa shape index (κ3) is 6.13. The predicted octanol–water partition coefficient (Wildman–Crippen LogP) is 1.77. The van der Waals surface area contributed by atoms with Crippen molar-refractivity contribution in [3.05, 3.63) is 0 Å². The van der Waals surface area contributed by atoms with Gasteiger partial charge in [-0.05, 0) is 31.7 Å². The highest BCUT2D eigenvalue weighted by Crippen LogP contribution is 2.11. The van der Waals surface area contributed by atoms with Gasteiger partial charge < -0.3 is 9.47 Å². The van der Waals surface area contributed by atoms with E-state index in [4.69, 9.17) is 9.47 Å². The van der Waals surface area contributed by atoms with E-state index in [9.17, 15) is 0 Å². The van der Waals surface area contributed by atoms with Crippen molar-refractivity contribution in [1.29, 1.82) is 0 Å². The largest absolute Gasteiger partial charge is 0.385 e. The number of hydrogen-bond acceptors (Lipinski definition) is 3. The lowest BCUT2D eigenvalue weighted by Crippen LogP contribution is -2.36. The second-order valence-electron chi connectivity index (χ2n) is 4.48. The van der Waals surface area contributed by atoms with Gasteiger partial charge in [-0.15, -0.1) is 0 Å². The van der Waals surface area contributed by atoms with Crippen molar-refractivity contribution in [1.82, 2.24) is 4.90 Å². The van der Waals surface area contributed by atoms with Crippen LogP contribution in [0.3, 0.4) is 0 Å². The molecule has 90 valence electrons. The molecule has 0 aromatic rings. The summed E-state index contributed by atoms with van der Waals surface area (Å²) in [5, 5.41) is 0. The van der Waals surface area contributed by atoms with Crippen LogP contribution in [0.4, 0.5) is 0 Å². The minimum atomic E-state index is 0.797. The van der Waals surface area contributed by atoms with Crippen molar-refractivity contribution in [2.75, 3.05) is 46.6 Å². The van der Waals surface area contributed by atoms with Crippen LogP contribution >= 0.6 is 0 Å². The lowest BCUT2D eigenvalue weighted by molar-refractivity contribution is 0.0366. The maximum Gasteiger partial charge on any atom is 0.0594 e. The molecule has 1 aliphatic rings. The molecule has 3 nitrogen and oxygen atoms in total. The Morgan fingerprint density at radius 2 is 2.00 bits per heavy atom. The average molecular weight is 215 g/mol. The van der Waals surface area contributed by atoms with E-state index in [1.165, 1.54) is 25.8 Å². The molecule has 15 heavy (non-hydrogen) atoms. The number of morpholine rings is 1. The fraction of sp³-hybridized carbons (Fsp3) is 1.00. The summed E-state index contributed by atoms with van der Waals surface area (Å²) in [4.78, 5) is 2.51. The van der Waals surface area contributed by atoms with Gasteiger partial charge in [-0.3, -0.25) is 4.90 Å². The van der Waals surface area contributed by atoms with Crippen molar-refractivity contribution in [2.24, 2.45) is 5.92 Å². The maximum atomic E-state index is 5.32. The van der Waals surface area contributed by atoms with E-state index in [1.54, 1.807) is 7.11 Å². The first-order chi connectivity index (χ1) is 7.33. The molecule has 0 bridgehead atoms. The molecular weight excluding hydrogens is 190 g/mol. The van der Waals surface area contributed by atoms with Gasteiger partial charge in [-0.1, -0.05) is 6.92 Å². The van der Waals surface area contributed by atoms with E-state index in [0.717, 1.165) is 38.8 Å². The molecule has 0 spiro atoms. The monoisotopic (exact) mass is 215 g/mol. The summed E-state index contributed by atoms with van der Waals surface area (Å²) in [5.41, 5.74) is 0. The third-order valence-corrected chi connectivity index (χ3v) is 3.09. The van der Waals surface area contributed by atoms with E-state index in [1.807, 2.05) is 0 Å². The third-order valence-electron chi connectivity index (χ3n) is 3.09. The summed E-state index contributed by atoms with van der Waals surface area (Å²) in [7, 11) is 1.78. The zero-order valence-corrected chi connectivity index (χ0v) is 10.2. The summed E-state index contributed by atoms with van der Waals surface area (Å²) in [6, 6.07) is 0. The van der Waals surface area contributed by atoms with E-state index >= 15 is 0 Å². The lowest BCUT2D eigenvalue weighted by atomic mass is 10.0. The van der Waals surface area contributed by atoms with Crippen LogP contribution in [-0.4, -0.2) is 51.5 Å². The van der Waals surface area contributed by atoms with Crippen molar-refractivity contribution in [3.8, 4) is 0 Å². The fourth-order valence-corrected chi connectivity index (χ4v) is 1.95. The molecule has 0 aromatic heterocycles. The minimum absolute atomic E-state index is 0.797. The topological polar surface area (TPSA) is 21.7 Å². The summed E-state index contributed by atoms with van der Waals surface area (Å²) < 4.78 is 10.4. The molecule has 0 aliphatic carbocycles. The number of hydrogen-bond donors (Lipinski definition) is 0. The Kier molecular flexibility index (Phi) is 6.98. The van der Waals surface area contributed by atoms with Crippen LogP contribution in [-0.2, 0) is 9.47 Å². The van der Waals surface area contributed by atoms with E-state index < -0.39 is 0 Å². The van der Waals surface area contributed by atoms with E-state index in [-0.39, 0.29) is 0 Å². The molecule has 1 rings (SSSR count). The van der Waals surface area contributed by atoms with Gasteiger partial charge in [0.25, 0.3) is 0 Å². The normalized spacial score (nSPS) is 20.4. The molecule has 1 unspecified atom stereocenters. The molecule has 1 heterocycles. The summed E-state index contributed by atoms with van der Waals surface area (Å²) in [6.07, 6.45) is 3.82. The van der Waals surface area contributed by atoms with Crippen molar-refractivity contribution in [2.45, 2.75) is 26.2 Å². The number of methoxy groups -OCH3 is 1. The van der Waals surface area contributed by atoms with Crippen molar-refractivity contribution >= 4 is 0 Å². The molecule has 0 N–H and O–H groups in total. The highest BCUT2D eigenvalue weighted by molar-refractivity contribution is 4.63. The molecule has 0 amide bonds. The molecule has 0 radical (unpaired) electrons. The number of rotatable bonds is 7. The Morgan fingerprint density at radius 3 is 2.67 bits per heavy atom. The summed E-state index contributed by atoms with van der Waals surface area (Å²) in [6.45, 7) is 8.52. The van der Waals surface area contributed by atoms with Crippen molar-refractivity contribution < 1.29 is 9.47 Å². The molecular formula is C12H25NO2. The van der Waals surface area contributed by atoms with Crippen LogP contribution in [0.2, 0.25) is 0 Å². The SMILES string of the molecule is COCCC(C)CCCN1CCOCC1. The highest BCUT2D eigenvalue weighted by Gasteiger charge is 2.10. The minimum Gasteiger partial charge on any atom is -0.385 e. The Balaban J connectivity index is 1.94. The first-order valence-corrected chi connectivity index (χ1v) is 6.12. The zero-order valence-electron chi connectivity index (χ0n) is 10.2. The van der Waals surface area contributed by atoms with Crippen LogP contribution in [0.15, 0.2) is 0 Å². The first-order valence-electron chi connectivity index (χ1n) is 6.12. The van der Waals surface area contributed by atoms with Crippen LogP contribution < -0.4 is 0 Å². The molecule has 1 atom stereocenters. The first kappa shape index (κ1) is 12.9. The van der Waals surface area contributed by atoms with E-state index in [2.05, 4.69) is 11.8 Å². The van der Waals surface area contributed by atoms with Gasteiger partial charge in [-0.25, -0.2) is 0 Å². The van der Waals surface area contributed by atoms with Gasteiger partial charge in [0.1, 0.15) is 0 Å². The zero-order chi connectivity index (χ0) is 10.9. The lowest BCUT2D eigenvalue weighted by Gasteiger charge is -2.26. The summed E-state index contributed by atoms with van der Waals surface area (Å²) >= 11 is 0. The van der Waals surface area contributed by atoms with Crippen LogP contribution in [0, 0.1) is 5.92 Å². The molecule has 0 saturated carbocycles. The van der Waals surface area contributed by atoms with Gasteiger partial charge >= 0.3 is 0 Å². The fourth-order valence-electron chi connectivity index (χ4n) is 1.95. The van der Waals surface area contributed by atoms with Gasteiger partial charge in [0.15, 0.2) is 0 Å². The molecule has 3 heteroatoms. The van der Waals surface area contributed by atoms with Gasteiger partial charge in [0.2, 0.25) is 0 Å². The van der Waals surface area contributed by atoms with Gasteiger partial charge in [0, 0.05) is 26.8 Å². The standard InChI is InChI=1S/C12H25NO2/c1-12(5-9-14-2)4-3-6-13-7-10-15-11-8-13/h12H,3-11H2,1-2H3. The summed E-state index contributed by atoms with van der Waals surface area (Å²) in [5.74, 6) is 0.797. The molecule has 1 saturated heterocycles. The van der Waals surface area contributed by atoms with Crippen LogP contribution in [0.1, 0.15) is 26.2 Å². The second-order valence-corrected chi connectivity index (χ2v) is 4.48. The second kappa shape index (κ2) is 8.08. The maximum absolute atomic E-state index is 5.32. The Labute approximate surface area is 93.7 Å². The Morgan fingerprint density at radius 1 is 1.27 bits per heavy atom. The van der Waals surface area contributed by atoms with Crippen LogP contribution in [0.5, 0.6) is 0 Å². The van der Waals surface area contributed by atoms with E-state index in [0.29, 0.717) is 0 Å². The van der Waals surface area contributed by atoms with Crippen molar-refractivity contribution in [3.63, 3.8) is 0 Å². The smallest absolute Gasteiger partial charge is 0.0594 e. The van der Waals surface area contributed by atoms with Gasteiger partial charge in [0.05, 0.1) is 13.2 Å². The molecule has 0 aromatic carbocycles. The number of ether oxygens (including phenoxy) is 2. The van der Waals surface area contributed by atoms with Crippen LogP contribution in [0.25, 0.3) is 0 Å². The Bertz CT molecular complexity index is 147. The quantitative estimate of drug-likeness (QED) is 0.646. The number of nitrogens with zero attached hydrogens (tertiary/aromatic N) is 1. The average Bonchev–Trinajstić information content (AvgIpc) is 2.28. The highest BCUT2D eigenvalue weighted by atomic mass is 16.5. The molecule has 1 aliphatic heterocycles. The van der Waals surface area contributed by atoms with Gasteiger partial charge in [-0.2, -0.15) is 0 Å². The molecule has 1 fully saturated rings. The predicted molar refractivity (Wildman–Crippen MR) is 62.2 cm³/mol.